The molecule has 8 heteroatoms. The molecule has 3 aromatic rings. The van der Waals surface area contributed by atoms with Gasteiger partial charge in [0, 0.05) is 36.9 Å². The molecule has 1 atom stereocenters. The van der Waals surface area contributed by atoms with Crippen LogP contribution < -0.4 is 5.32 Å². The predicted octanol–water partition coefficient (Wildman–Crippen LogP) is 2.77. The second-order valence-corrected chi connectivity index (χ2v) is 6.48. The highest BCUT2D eigenvalue weighted by atomic mass is 15.2. The summed E-state index contributed by atoms with van der Waals surface area (Å²) in [6.07, 6.45) is 10.5. The second kappa shape index (κ2) is 7.57. The van der Waals surface area contributed by atoms with Gasteiger partial charge >= 0.3 is 0 Å². The number of hydrogen-bond donors (Lipinski definition) is 2. The van der Waals surface area contributed by atoms with E-state index in [0.29, 0.717) is 5.95 Å². The van der Waals surface area contributed by atoms with Crippen molar-refractivity contribution in [1.29, 1.82) is 0 Å². The first kappa shape index (κ1) is 16.6. The molecule has 0 radical (unpaired) electrons. The molecule has 2 N–H and O–H groups in total. The van der Waals surface area contributed by atoms with Crippen LogP contribution in [0, 0.1) is 6.92 Å². The van der Waals surface area contributed by atoms with Gasteiger partial charge in [-0.3, -0.25) is 4.90 Å². The molecule has 1 saturated heterocycles. The third-order valence-corrected chi connectivity index (χ3v) is 4.55. The van der Waals surface area contributed by atoms with Gasteiger partial charge < -0.3 is 10.3 Å². The van der Waals surface area contributed by atoms with Crippen LogP contribution in [-0.2, 0) is 6.54 Å². The molecule has 1 fully saturated rings. The lowest BCUT2D eigenvalue weighted by Crippen LogP contribution is -2.33. The molecule has 0 amide bonds. The summed E-state index contributed by atoms with van der Waals surface area (Å²) in [6.45, 7) is 3.82. The monoisotopic (exact) mass is 350 g/mol. The highest BCUT2D eigenvalue weighted by molar-refractivity contribution is 5.48. The van der Waals surface area contributed by atoms with Crippen molar-refractivity contribution in [2.24, 2.45) is 0 Å². The van der Waals surface area contributed by atoms with Crippen LogP contribution in [0.4, 0.5) is 11.8 Å². The molecular weight excluding hydrogens is 328 g/mol. The molecule has 0 aromatic carbocycles. The first-order valence-electron chi connectivity index (χ1n) is 8.89. The molecule has 3 aromatic heterocycles. The fourth-order valence-electron chi connectivity index (χ4n) is 3.41. The Bertz CT molecular complexity index is 834. The van der Waals surface area contributed by atoms with Crippen molar-refractivity contribution in [2.75, 3.05) is 11.9 Å². The van der Waals surface area contributed by atoms with E-state index in [1.165, 1.54) is 12.8 Å². The van der Waals surface area contributed by atoms with Gasteiger partial charge in [0.15, 0.2) is 0 Å². The van der Waals surface area contributed by atoms with Crippen LogP contribution in [0.2, 0.25) is 0 Å². The minimum atomic E-state index is 0.269. The van der Waals surface area contributed by atoms with E-state index in [0.717, 1.165) is 42.5 Å². The summed E-state index contributed by atoms with van der Waals surface area (Å²) in [4.78, 5) is 27.4. The number of rotatable bonds is 5. The molecule has 4 rings (SSSR count). The molecule has 0 spiro atoms. The molecule has 1 aliphatic rings. The summed E-state index contributed by atoms with van der Waals surface area (Å²) in [7, 11) is 0. The Hall–Kier alpha value is -2.87. The van der Waals surface area contributed by atoms with Crippen molar-refractivity contribution in [1.82, 2.24) is 34.8 Å². The summed E-state index contributed by atoms with van der Waals surface area (Å²) in [5.41, 5.74) is 2.16. The normalized spacial score (nSPS) is 18.0. The van der Waals surface area contributed by atoms with Crippen LogP contribution in [0.5, 0.6) is 0 Å². The van der Waals surface area contributed by atoms with Gasteiger partial charge in [-0.2, -0.15) is 0 Å². The number of anilines is 2. The van der Waals surface area contributed by atoms with E-state index in [4.69, 9.17) is 4.98 Å². The molecule has 0 saturated carbocycles. The lowest BCUT2D eigenvalue weighted by molar-refractivity contribution is 0.135. The van der Waals surface area contributed by atoms with Gasteiger partial charge in [-0.05, 0) is 32.4 Å². The van der Waals surface area contributed by atoms with Gasteiger partial charge in [0.2, 0.25) is 5.95 Å². The summed E-state index contributed by atoms with van der Waals surface area (Å²) in [6, 6.07) is 4.07. The Kier molecular flexibility index (Phi) is 4.83. The standard InChI is InChI=1S/C18H22N8/c1-13-23-15(9-17(24-13)25-18-20-6-4-7-21-18)16-5-2-3-8-26(16)11-14-10-19-12-22-14/h4,6-7,9-10,12,16H,2-3,5,8,11H2,1H3,(H,19,22)(H,20,21,23,24,25). The quantitative estimate of drug-likeness (QED) is 0.730. The van der Waals surface area contributed by atoms with Gasteiger partial charge in [0.25, 0.3) is 0 Å². The number of H-pyrrole nitrogens is 1. The SMILES string of the molecule is Cc1nc(Nc2ncccn2)cc(C2CCCCN2Cc2cnc[nH]2)n1. The van der Waals surface area contributed by atoms with E-state index in [2.05, 4.69) is 35.1 Å². The average molecular weight is 350 g/mol. The van der Waals surface area contributed by atoms with Crippen molar-refractivity contribution >= 4 is 11.8 Å². The first-order chi connectivity index (χ1) is 12.8. The lowest BCUT2D eigenvalue weighted by Gasteiger charge is -2.35. The summed E-state index contributed by atoms with van der Waals surface area (Å²) in [5.74, 6) is 2.01. The Balaban J connectivity index is 1.58. The largest absolute Gasteiger partial charge is 0.347 e. The fraction of sp³-hybridized carbons (Fsp3) is 0.389. The number of nitrogens with zero attached hydrogens (tertiary/aromatic N) is 6. The van der Waals surface area contributed by atoms with Crippen LogP contribution in [0.25, 0.3) is 0 Å². The van der Waals surface area contributed by atoms with Gasteiger partial charge in [-0.25, -0.2) is 24.9 Å². The number of aromatic nitrogens is 6. The number of aromatic amines is 1. The highest BCUT2D eigenvalue weighted by Gasteiger charge is 2.26. The van der Waals surface area contributed by atoms with Gasteiger partial charge in [0.1, 0.15) is 11.6 Å². The molecule has 0 bridgehead atoms. The third-order valence-electron chi connectivity index (χ3n) is 4.55. The molecule has 1 aliphatic heterocycles. The van der Waals surface area contributed by atoms with E-state index in [1.54, 1.807) is 24.8 Å². The van der Waals surface area contributed by atoms with Gasteiger partial charge in [-0.15, -0.1) is 0 Å². The van der Waals surface area contributed by atoms with Crippen molar-refractivity contribution in [3.05, 3.63) is 54.3 Å². The Morgan fingerprint density at radius 3 is 2.92 bits per heavy atom. The summed E-state index contributed by atoms with van der Waals surface area (Å²) >= 11 is 0. The fourth-order valence-corrected chi connectivity index (χ4v) is 3.41. The van der Waals surface area contributed by atoms with Crippen LogP contribution >= 0.6 is 0 Å². The maximum atomic E-state index is 4.72. The predicted molar refractivity (Wildman–Crippen MR) is 97.7 cm³/mol. The van der Waals surface area contributed by atoms with Gasteiger partial charge in [0.05, 0.1) is 18.1 Å². The van der Waals surface area contributed by atoms with E-state index in [1.807, 2.05) is 19.2 Å². The van der Waals surface area contributed by atoms with Crippen molar-refractivity contribution in [3.63, 3.8) is 0 Å². The molecule has 134 valence electrons. The second-order valence-electron chi connectivity index (χ2n) is 6.48. The van der Waals surface area contributed by atoms with Crippen LogP contribution in [0.15, 0.2) is 37.1 Å². The Labute approximate surface area is 152 Å². The van der Waals surface area contributed by atoms with Crippen LogP contribution in [-0.4, -0.2) is 41.3 Å². The Morgan fingerprint density at radius 2 is 2.12 bits per heavy atom. The molecule has 4 heterocycles. The van der Waals surface area contributed by atoms with E-state index in [9.17, 15) is 0 Å². The van der Waals surface area contributed by atoms with Gasteiger partial charge in [-0.1, -0.05) is 6.42 Å². The minimum absolute atomic E-state index is 0.269. The smallest absolute Gasteiger partial charge is 0.228 e. The zero-order valence-corrected chi connectivity index (χ0v) is 14.8. The topological polar surface area (TPSA) is 95.5 Å². The Morgan fingerprint density at radius 1 is 1.23 bits per heavy atom. The number of nitrogens with one attached hydrogen (secondary N) is 2. The zero-order chi connectivity index (χ0) is 17.8. The summed E-state index contributed by atoms with van der Waals surface area (Å²) in [5, 5.41) is 3.18. The van der Waals surface area contributed by atoms with Crippen molar-refractivity contribution in [2.45, 2.75) is 38.8 Å². The van der Waals surface area contributed by atoms with E-state index >= 15 is 0 Å². The summed E-state index contributed by atoms with van der Waals surface area (Å²) < 4.78 is 0. The molecule has 26 heavy (non-hydrogen) atoms. The van der Waals surface area contributed by atoms with Crippen molar-refractivity contribution < 1.29 is 0 Å². The molecule has 0 aliphatic carbocycles. The molecule has 8 nitrogen and oxygen atoms in total. The maximum absolute atomic E-state index is 4.72. The molecular formula is C18H22N8. The first-order valence-corrected chi connectivity index (χ1v) is 8.89. The number of aryl methyl sites for hydroxylation is 1. The molecule has 1 unspecified atom stereocenters. The van der Waals surface area contributed by atoms with Crippen LogP contribution in [0.3, 0.4) is 0 Å². The van der Waals surface area contributed by atoms with Crippen molar-refractivity contribution in [3.8, 4) is 0 Å². The third kappa shape index (κ3) is 3.85. The minimum Gasteiger partial charge on any atom is -0.347 e. The number of hydrogen-bond acceptors (Lipinski definition) is 7. The average Bonchev–Trinajstić information content (AvgIpc) is 3.16. The van der Waals surface area contributed by atoms with Crippen LogP contribution in [0.1, 0.15) is 42.5 Å². The van der Waals surface area contributed by atoms with E-state index < -0.39 is 0 Å². The zero-order valence-electron chi connectivity index (χ0n) is 14.8. The number of piperidine rings is 1. The highest BCUT2D eigenvalue weighted by Crippen LogP contribution is 2.32. The number of likely N-dealkylation sites (tertiary alicyclic amines) is 1. The lowest BCUT2D eigenvalue weighted by atomic mass is 9.98. The van der Waals surface area contributed by atoms with E-state index in [-0.39, 0.29) is 6.04 Å². The maximum Gasteiger partial charge on any atom is 0.228 e. The number of imidazole rings is 1.